The Morgan fingerprint density at radius 2 is 1.92 bits per heavy atom. The second kappa shape index (κ2) is 2.34. The van der Waals surface area contributed by atoms with E-state index in [0.717, 1.165) is 0 Å². The molecule has 13 heavy (non-hydrogen) atoms. The average molecular weight is 188 g/mol. The van der Waals surface area contributed by atoms with Crippen LogP contribution in [0.4, 0.5) is 4.79 Å². The minimum Gasteiger partial charge on any atom is -0.431 e. The van der Waals surface area contributed by atoms with Crippen LogP contribution in [-0.4, -0.2) is 44.2 Å². The lowest BCUT2D eigenvalue weighted by Crippen LogP contribution is -2.54. The maximum atomic E-state index is 10.6. The van der Waals surface area contributed by atoms with Crippen LogP contribution in [0.5, 0.6) is 0 Å². The van der Waals surface area contributed by atoms with Crippen LogP contribution in [0.2, 0.25) is 0 Å². The fraction of sp³-hybridized carbons (Fsp3) is 0.857. The summed E-state index contributed by atoms with van der Waals surface area (Å²) in [6, 6.07) is 0. The largest absolute Gasteiger partial charge is 0.508 e. The van der Waals surface area contributed by atoms with Gasteiger partial charge in [0, 0.05) is 0 Å². The van der Waals surface area contributed by atoms with Gasteiger partial charge in [0.1, 0.15) is 13.2 Å². The van der Waals surface area contributed by atoms with Gasteiger partial charge in [-0.3, -0.25) is 0 Å². The van der Waals surface area contributed by atoms with Gasteiger partial charge in [-0.05, 0) is 0 Å². The summed E-state index contributed by atoms with van der Waals surface area (Å²) in [4.78, 5) is 10.6. The minimum absolute atomic E-state index is 0.165. The molecule has 0 aromatic carbocycles. The molecule has 3 rings (SSSR count). The van der Waals surface area contributed by atoms with Crippen LogP contribution in [0.15, 0.2) is 0 Å². The van der Waals surface area contributed by atoms with Crippen molar-refractivity contribution in [1.82, 2.24) is 0 Å². The third kappa shape index (κ3) is 1.18. The zero-order chi connectivity index (χ0) is 8.89. The number of cyclic esters (lactones) is 2. The number of fused-ring (bicyclic) bond motifs is 1. The predicted molar refractivity (Wildman–Crippen MR) is 35.7 cm³/mol. The van der Waals surface area contributed by atoms with E-state index in [1.165, 1.54) is 0 Å². The Morgan fingerprint density at radius 1 is 1.15 bits per heavy atom. The molecule has 0 aromatic rings. The van der Waals surface area contributed by atoms with Crippen LogP contribution in [0.1, 0.15) is 0 Å². The first kappa shape index (κ1) is 7.54. The van der Waals surface area contributed by atoms with E-state index in [0.29, 0.717) is 6.61 Å². The van der Waals surface area contributed by atoms with Gasteiger partial charge in [0.05, 0.1) is 6.61 Å². The molecule has 3 aliphatic rings. The van der Waals surface area contributed by atoms with Crippen LogP contribution in [0, 0.1) is 0 Å². The van der Waals surface area contributed by atoms with Crippen molar-refractivity contribution in [2.45, 2.75) is 18.2 Å². The molecule has 3 aliphatic heterocycles. The van der Waals surface area contributed by atoms with Crippen molar-refractivity contribution in [2.24, 2.45) is 0 Å². The molecule has 72 valence electrons. The zero-order valence-corrected chi connectivity index (χ0v) is 6.73. The molecule has 0 amide bonds. The predicted octanol–water partition coefficient (Wildman–Crippen LogP) is -0.379. The first-order valence-corrected chi connectivity index (χ1v) is 4.02. The zero-order valence-electron chi connectivity index (χ0n) is 6.73. The van der Waals surface area contributed by atoms with Gasteiger partial charge in [-0.25, -0.2) is 4.79 Å². The highest BCUT2D eigenvalue weighted by molar-refractivity contribution is 5.60. The second-order valence-electron chi connectivity index (χ2n) is 3.31. The molecule has 0 aromatic heterocycles. The highest BCUT2D eigenvalue weighted by Gasteiger charge is 2.55. The summed E-state index contributed by atoms with van der Waals surface area (Å²) in [6.07, 6.45) is -1.20. The van der Waals surface area contributed by atoms with Gasteiger partial charge in [-0.1, -0.05) is 0 Å². The Hall–Kier alpha value is -0.850. The van der Waals surface area contributed by atoms with Crippen LogP contribution >= 0.6 is 0 Å². The van der Waals surface area contributed by atoms with Gasteiger partial charge in [-0.15, -0.1) is 0 Å². The van der Waals surface area contributed by atoms with Crippen molar-refractivity contribution >= 4 is 6.16 Å². The third-order valence-electron chi connectivity index (χ3n) is 2.20. The number of carbonyl (C=O) groups is 1. The van der Waals surface area contributed by atoms with Gasteiger partial charge < -0.3 is 23.7 Å². The summed E-state index contributed by atoms with van der Waals surface area (Å²) >= 11 is 0. The highest BCUT2D eigenvalue weighted by atomic mass is 16.9. The molecule has 1 spiro atoms. The Labute approximate surface area is 73.6 Å². The molecule has 3 saturated heterocycles. The van der Waals surface area contributed by atoms with E-state index in [1.54, 1.807) is 0 Å². The monoisotopic (exact) mass is 188 g/mol. The summed E-state index contributed by atoms with van der Waals surface area (Å²) < 4.78 is 25.2. The Morgan fingerprint density at radius 3 is 2.62 bits per heavy atom. The molecule has 6 nitrogen and oxygen atoms in total. The number of carbonyl (C=O) groups excluding carboxylic acids is 1. The maximum absolute atomic E-state index is 10.6. The number of hydrogen-bond acceptors (Lipinski definition) is 6. The lowest BCUT2D eigenvalue weighted by Gasteiger charge is -2.36. The van der Waals surface area contributed by atoms with Gasteiger partial charge in [0.25, 0.3) is 0 Å². The molecule has 3 fully saturated rings. The topological polar surface area (TPSA) is 66.5 Å². The molecule has 6 heteroatoms. The Balaban J connectivity index is 1.70. The summed E-state index contributed by atoms with van der Waals surface area (Å²) in [5, 5.41) is 0. The minimum atomic E-state index is -0.661. The van der Waals surface area contributed by atoms with Gasteiger partial charge in [0.2, 0.25) is 12.6 Å². The standard InChI is InChI=1S/C7H8O6/c8-6-10-2-7(3-11-6)1-9-4-5(12-4)13-7/h4-5H,1-3H2. The van der Waals surface area contributed by atoms with Crippen LogP contribution in [0.3, 0.4) is 0 Å². The van der Waals surface area contributed by atoms with Gasteiger partial charge in [0.15, 0.2) is 5.60 Å². The van der Waals surface area contributed by atoms with Crippen molar-refractivity contribution < 1.29 is 28.5 Å². The van der Waals surface area contributed by atoms with Crippen molar-refractivity contribution in [3.63, 3.8) is 0 Å². The quantitative estimate of drug-likeness (QED) is 0.381. The van der Waals surface area contributed by atoms with Crippen molar-refractivity contribution in [3.05, 3.63) is 0 Å². The highest BCUT2D eigenvalue weighted by Crippen LogP contribution is 2.36. The number of ether oxygens (including phenoxy) is 5. The molecule has 0 bridgehead atoms. The first-order valence-electron chi connectivity index (χ1n) is 4.02. The van der Waals surface area contributed by atoms with Crippen molar-refractivity contribution in [1.29, 1.82) is 0 Å². The van der Waals surface area contributed by atoms with Crippen LogP contribution in [0.25, 0.3) is 0 Å². The maximum Gasteiger partial charge on any atom is 0.508 e. The Bertz CT molecular complexity index is 241. The van der Waals surface area contributed by atoms with Crippen LogP contribution < -0.4 is 0 Å². The lowest BCUT2D eigenvalue weighted by atomic mass is 10.1. The summed E-state index contributed by atoms with van der Waals surface area (Å²) in [7, 11) is 0. The van der Waals surface area contributed by atoms with E-state index in [9.17, 15) is 4.79 Å². The molecular weight excluding hydrogens is 180 g/mol. The van der Waals surface area contributed by atoms with E-state index < -0.39 is 11.8 Å². The molecule has 3 heterocycles. The Kier molecular flexibility index (Phi) is 1.36. The van der Waals surface area contributed by atoms with E-state index in [-0.39, 0.29) is 25.8 Å². The summed E-state index contributed by atoms with van der Waals surface area (Å²) in [5.74, 6) is 0. The smallest absolute Gasteiger partial charge is 0.431 e. The average Bonchev–Trinajstić information content (AvgIpc) is 2.89. The van der Waals surface area contributed by atoms with E-state index in [1.807, 2.05) is 0 Å². The molecule has 0 radical (unpaired) electrons. The van der Waals surface area contributed by atoms with Crippen LogP contribution in [-0.2, 0) is 23.7 Å². The molecule has 0 saturated carbocycles. The molecule has 2 atom stereocenters. The molecule has 0 aliphatic carbocycles. The third-order valence-corrected chi connectivity index (χ3v) is 2.20. The second-order valence-corrected chi connectivity index (χ2v) is 3.31. The molecule has 2 unspecified atom stereocenters. The van der Waals surface area contributed by atoms with Crippen molar-refractivity contribution in [3.8, 4) is 0 Å². The van der Waals surface area contributed by atoms with Gasteiger partial charge >= 0.3 is 6.16 Å². The van der Waals surface area contributed by atoms with Crippen molar-refractivity contribution in [2.75, 3.05) is 19.8 Å². The number of hydrogen-bond donors (Lipinski definition) is 0. The lowest BCUT2D eigenvalue weighted by molar-refractivity contribution is -0.218. The summed E-state index contributed by atoms with van der Waals surface area (Å²) in [5.41, 5.74) is -0.661. The molecule has 0 N–H and O–H groups in total. The van der Waals surface area contributed by atoms with E-state index >= 15 is 0 Å². The normalized spacial score (nSPS) is 40.5. The van der Waals surface area contributed by atoms with Gasteiger partial charge in [-0.2, -0.15) is 0 Å². The fourth-order valence-corrected chi connectivity index (χ4v) is 1.42. The SMILES string of the molecule is O=C1OCC2(CO1)COC1OC1O2. The number of epoxide rings is 1. The van der Waals surface area contributed by atoms with E-state index in [4.69, 9.17) is 23.7 Å². The number of rotatable bonds is 0. The fourth-order valence-electron chi connectivity index (χ4n) is 1.42. The first-order chi connectivity index (χ1) is 6.27. The van der Waals surface area contributed by atoms with E-state index in [2.05, 4.69) is 0 Å². The molecular formula is C7H8O6. The summed E-state index contributed by atoms with van der Waals surface area (Å²) in [6.45, 7) is 0.665.